The second-order valence-electron chi connectivity index (χ2n) is 3.86. The average molecular weight is 236 g/mol. The molecular formula is C12H10ClNS. The molecule has 15 heavy (non-hydrogen) atoms. The molecule has 0 radical (unpaired) electrons. The zero-order chi connectivity index (χ0) is 10.3. The van der Waals surface area contributed by atoms with E-state index in [4.69, 9.17) is 11.6 Å². The molecule has 1 saturated carbocycles. The lowest BCUT2D eigenvalue weighted by Gasteiger charge is -1.96. The number of aromatic nitrogens is 1. The van der Waals surface area contributed by atoms with Gasteiger partial charge >= 0.3 is 0 Å². The average Bonchev–Trinajstić information content (AvgIpc) is 2.97. The van der Waals surface area contributed by atoms with Gasteiger partial charge in [-0.2, -0.15) is 0 Å². The molecule has 0 spiro atoms. The Hall–Kier alpha value is -0.860. The zero-order valence-electron chi connectivity index (χ0n) is 8.11. The molecule has 1 heterocycles. The van der Waals surface area contributed by atoms with Gasteiger partial charge in [-0.15, -0.1) is 11.3 Å². The molecule has 0 N–H and O–H groups in total. The van der Waals surface area contributed by atoms with Crippen LogP contribution in [0.3, 0.4) is 0 Å². The van der Waals surface area contributed by atoms with Crippen molar-refractivity contribution in [3.63, 3.8) is 0 Å². The van der Waals surface area contributed by atoms with Crippen LogP contribution in [0.5, 0.6) is 0 Å². The number of hydrogen-bond acceptors (Lipinski definition) is 2. The van der Waals surface area contributed by atoms with Gasteiger partial charge in [0, 0.05) is 21.9 Å². The first kappa shape index (κ1) is 9.37. The zero-order valence-corrected chi connectivity index (χ0v) is 9.68. The van der Waals surface area contributed by atoms with E-state index in [1.165, 1.54) is 17.8 Å². The van der Waals surface area contributed by atoms with Crippen LogP contribution >= 0.6 is 22.9 Å². The van der Waals surface area contributed by atoms with Crippen molar-refractivity contribution in [2.24, 2.45) is 0 Å². The molecule has 0 amide bonds. The molecule has 0 unspecified atom stereocenters. The van der Waals surface area contributed by atoms with Gasteiger partial charge in [0.15, 0.2) is 0 Å². The number of rotatable bonds is 2. The summed E-state index contributed by atoms with van der Waals surface area (Å²) in [6.07, 6.45) is 2.62. The second kappa shape index (κ2) is 3.62. The van der Waals surface area contributed by atoms with Gasteiger partial charge in [-0.05, 0) is 25.0 Å². The molecule has 1 aliphatic carbocycles. The number of benzene rings is 1. The Morgan fingerprint density at radius 3 is 2.93 bits per heavy atom. The molecule has 1 fully saturated rings. The summed E-state index contributed by atoms with van der Waals surface area (Å²) in [5.74, 6) is 0.739. The van der Waals surface area contributed by atoms with E-state index in [1.54, 1.807) is 11.3 Å². The first-order chi connectivity index (χ1) is 7.33. The number of hydrogen-bond donors (Lipinski definition) is 0. The highest BCUT2D eigenvalue weighted by Crippen LogP contribution is 2.42. The van der Waals surface area contributed by atoms with Crippen molar-refractivity contribution in [2.75, 3.05) is 0 Å². The molecule has 76 valence electrons. The molecule has 3 rings (SSSR count). The van der Waals surface area contributed by atoms with E-state index in [1.807, 2.05) is 18.2 Å². The van der Waals surface area contributed by atoms with Crippen molar-refractivity contribution in [3.05, 3.63) is 39.7 Å². The van der Waals surface area contributed by atoms with Crippen LogP contribution in [-0.4, -0.2) is 4.98 Å². The normalized spacial score (nSPS) is 15.5. The van der Waals surface area contributed by atoms with Crippen molar-refractivity contribution in [1.82, 2.24) is 4.98 Å². The van der Waals surface area contributed by atoms with Gasteiger partial charge in [0.05, 0.1) is 10.7 Å². The summed E-state index contributed by atoms with van der Waals surface area (Å²) in [7, 11) is 0. The third-order valence-electron chi connectivity index (χ3n) is 2.57. The van der Waals surface area contributed by atoms with Crippen molar-refractivity contribution in [2.45, 2.75) is 18.8 Å². The number of thiazole rings is 1. The number of halogens is 1. The van der Waals surface area contributed by atoms with Crippen LogP contribution in [0.15, 0.2) is 29.6 Å². The molecule has 0 saturated heterocycles. The first-order valence-corrected chi connectivity index (χ1v) is 6.30. The fourth-order valence-corrected chi connectivity index (χ4v) is 2.78. The Balaban J connectivity index is 1.97. The summed E-state index contributed by atoms with van der Waals surface area (Å²) in [6, 6.07) is 7.87. The molecule has 1 nitrogen and oxygen atoms in total. The molecule has 0 aliphatic heterocycles. The standard InChI is InChI=1S/C12H10ClNS/c13-10-3-1-2-9(6-10)11-7-15-12(14-11)8-4-5-8/h1-3,6-8H,4-5H2. The van der Waals surface area contributed by atoms with Crippen LogP contribution in [0.1, 0.15) is 23.8 Å². The minimum atomic E-state index is 0.739. The third-order valence-corrected chi connectivity index (χ3v) is 3.81. The summed E-state index contributed by atoms with van der Waals surface area (Å²) in [5.41, 5.74) is 2.18. The highest BCUT2D eigenvalue weighted by atomic mass is 35.5. The fourth-order valence-electron chi connectivity index (χ4n) is 1.59. The summed E-state index contributed by atoms with van der Waals surface area (Å²) < 4.78 is 0. The summed E-state index contributed by atoms with van der Waals surface area (Å²) in [4.78, 5) is 4.64. The Morgan fingerprint density at radius 1 is 1.33 bits per heavy atom. The minimum absolute atomic E-state index is 0.739. The van der Waals surface area contributed by atoms with Gasteiger partial charge in [-0.3, -0.25) is 0 Å². The van der Waals surface area contributed by atoms with E-state index in [0.29, 0.717) is 0 Å². The van der Waals surface area contributed by atoms with Crippen molar-refractivity contribution < 1.29 is 0 Å². The van der Waals surface area contributed by atoms with Crippen LogP contribution < -0.4 is 0 Å². The molecule has 0 bridgehead atoms. The van der Waals surface area contributed by atoms with Gasteiger partial charge in [0.2, 0.25) is 0 Å². The Bertz CT molecular complexity index is 488. The van der Waals surface area contributed by atoms with Crippen molar-refractivity contribution >= 4 is 22.9 Å². The number of nitrogens with zero attached hydrogens (tertiary/aromatic N) is 1. The molecule has 1 aromatic carbocycles. The van der Waals surface area contributed by atoms with Gasteiger partial charge in [-0.1, -0.05) is 23.7 Å². The SMILES string of the molecule is Clc1cccc(-c2csc(C3CC3)n2)c1. The van der Waals surface area contributed by atoms with Gasteiger partial charge in [0.25, 0.3) is 0 Å². The lowest BCUT2D eigenvalue weighted by molar-refractivity contribution is 1.09. The van der Waals surface area contributed by atoms with Crippen molar-refractivity contribution in [1.29, 1.82) is 0 Å². The molecule has 1 aliphatic rings. The molecule has 2 aromatic rings. The first-order valence-electron chi connectivity index (χ1n) is 5.04. The summed E-state index contributed by atoms with van der Waals surface area (Å²) in [5, 5.41) is 4.18. The van der Waals surface area contributed by atoms with E-state index >= 15 is 0 Å². The van der Waals surface area contributed by atoms with Crippen LogP contribution in [-0.2, 0) is 0 Å². The largest absolute Gasteiger partial charge is 0.241 e. The summed E-state index contributed by atoms with van der Waals surface area (Å²) >= 11 is 7.72. The van der Waals surface area contributed by atoms with E-state index in [2.05, 4.69) is 16.4 Å². The molecule has 0 atom stereocenters. The van der Waals surface area contributed by atoms with Crippen LogP contribution in [0.4, 0.5) is 0 Å². The van der Waals surface area contributed by atoms with E-state index < -0.39 is 0 Å². The lowest BCUT2D eigenvalue weighted by atomic mass is 10.2. The molecule has 3 heteroatoms. The van der Waals surface area contributed by atoms with Crippen molar-refractivity contribution in [3.8, 4) is 11.3 Å². The van der Waals surface area contributed by atoms with Crippen LogP contribution in [0.2, 0.25) is 5.02 Å². The van der Waals surface area contributed by atoms with E-state index in [-0.39, 0.29) is 0 Å². The molecule has 1 aromatic heterocycles. The quantitative estimate of drug-likeness (QED) is 0.755. The minimum Gasteiger partial charge on any atom is -0.241 e. The second-order valence-corrected chi connectivity index (χ2v) is 5.18. The maximum atomic E-state index is 5.95. The summed E-state index contributed by atoms with van der Waals surface area (Å²) in [6.45, 7) is 0. The maximum Gasteiger partial charge on any atom is 0.0963 e. The fraction of sp³-hybridized carbons (Fsp3) is 0.250. The predicted molar refractivity (Wildman–Crippen MR) is 64.5 cm³/mol. The monoisotopic (exact) mass is 235 g/mol. The predicted octanol–water partition coefficient (Wildman–Crippen LogP) is 4.34. The Labute approximate surface area is 97.7 Å². The van der Waals surface area contributed by atoms with E-state index in [9.17, 15) is 0 Å². The van der Waals surface area contributed by atoms with Crippen LogP contribution in [0.25, 0.3) is 11.3 Å². The lowest BCUT2D eigenvalue weighted by Crippen LogP contribution is -1.80. The topological polar surface area (TPSA) is 12.9 Å². The van der Waals surface area contributed by atoms with Crippen LogP contribution in [0, 0.1) is 0 Å². The van der Waals surface area contributed by atoms with Gasteiger partial charge in [-0.25, -0.2) is 4.98 Å². The van der Waals surface area contributed by atoms with Gasteiger partial charge in [0.1, 0.15) is 0 Å². The van der Waals surface area contributed by atoms with E-state index in [0.717, 1.165) is 22.2 Å². The Morgan fingerprint density at radius 2 is 2.20 bits per heavy atom. The highest BCUT2D eigenvalue weighted by molar-refractivity contribution is 7.10. The maximum absolute atomic E-state index is 5.95. The Kier molecular flexibility index (Phi) is 2.26. The third kappa shape index (κ3) is 1.92. The molecular weight excluding hydrogens is 226 g/mol. The smallest absolute Gasteiger partial charge is 0.0963 e. The van der Waals surface area contributed by atoms with Gasteiger partial charge < -0.3 is 0 Å². The highest BCUT2D eigenvalue weighted by Gasteiger charge is 2.26.